The molecule has 2 N–H and O–H groups in total. The summed E-state index contributed by atoms with van der Waals surface area (Å²) in [6.45, 7) is 2.46. The van der Waals surface area contributed by atoms with Gasteiger partial charge in [0, 0.05) is 16.6 Å². The Morgan fingerprint density at radius 2 is 1.90 bits per heavy atom. The summed E-state index contributed by atoms with van der Waals surface area (Å²) in [5, 5.41) is 6.47. The van der Waals surface area contributed by atoms with Gasteiger partial charge in [0.25, 0.3) is 0 Å². The van der Waals surface area contributed by atoms with Crippen molar-refractivity contribution >= 4 is 21.8 Å². The molecule has 1 aromatic rings. The summed E-state index contributed by atoms with van der Waals surface area (Å²) in [6, 6.07) is 8.65. The van der Waals surface area contributed by atoms with Gasteiger partial charge in [0.05, 0.1) is 6.54 Å². The molecule has 0 radical (unpaired) electrons. The van der Waals surface area contributed by atoms with Gasteiger partial charge in [-0.15, -0.1) is 0 Å². The number of hydrogen-bond donors (Lipinski definition) is 2. The first-order chi connectivity index (χ1) is 10.2. The highest BCUT2D eigenvalue weighted by Gasteiger charge is 2.15. The fraction of sp³-hybridized carbons (Fsp3) is 0.588. The van der Waals surface area contributed by atoms with E-state index in [4.69, 9.17) is 0 Å². The molecule has 0 unspecified atom stereocenters. The second kappa shape index (κ2) is 8.54. The highest BCUT2D eigenvalue weighted by atomic mass is 79.9. The number of carbonyl (C=O) groups is 1. The monoisotopic (exact) mass is 352 g/mol. The van der Waals surface area contributed by atoms with Crippen molar-refractivity contribution in [3.63, 3.8) is 0 Å². The third-order valence-electron chi connectivity index (χ3n) is 4.16. The third-order valence-corrected chi connectivity index (χ3v) is 4.88. The van der Waals surface area contributed by atoms with Crippen LogP contribution in [0.25, 0.3) is 0 Å². The van der Waals surface area contributed by atoms with Crippen molar-refractivity contribution in [2.75, 3.05) is 6.54 Å². The molecular formula is C17H25BrN2O. The number of rotatable bonds is 5. The minimum atomic E-state index is 0.112. The Morgan fingerprint density at radius 1 is 1.24 bits per heavy atom. The summed E-state index contributed by atoms with van der Waals surface area (Å²) >= 11 is 3.55. The van der Waals surface area contributed by atoms with E-state index in [0.717, 1.165) is 17.3 Å². The van der Waals surface area contributed by atoms with Crippen LogP contribution in [-0.4, -0.2) is 18.5 Å². The molecule has 116 valence electrons. The van der Waals surface area contributed by atoms with Gasteiger partial charge >= 0.3 is 0 Å². The molecule has 0 spiro atoms. The number of hydrogen-bond acceptors (Lipinski definition) is 2. The Bertz CT molecular complexity index is 456. The van der Waals surface area contributed by atoms with E-state index in [2.05, 4.69) is 39.6 Å². The van der Waals surface area contributed by atoms with Gasteiger partial charge in [-0.3, -0.25) is 4.79 Å². The lowest BCUT2D eigenvalue weighted by molar-refractivity contribution is -0.121. The fourth-order valence-corrected chi connectivity index (χ4v) is 3.51. The second-order valence-corrected chi connectivity index (χ2v) is 6.73. The molecule has 0 bridgehead atoms. The first kappa shape index (κ1) is 16.5. The van der Waals surface area contributed by atoms with E-state index < -0.39 is 0 Å². The van der Waals surface area contributed by atoms with Crippen molar-refractivity contribution in [3.8, 4) is 0 Å². The average Bonchev–Trinajstić information content (AvgIpc) is 2.74. The van der Waals surface area contributed by atoms with Crippen molar-refractivity contribution < 1.29 is 4.79 Å². The van der Waals surface area contributed by atoms with Crippen LogP contribution in [0.15, 0.2) is 28.7 Å². The van der Waals surface area contributed by atoms with Gasteiger partial charge in [0.1, 0.15) is 0 Å². The van der Waals surface area contributed by atoms with E-state index in [-0.39, 0.29) is 11.9 Å². The molecule has 1 aromatic carbocycles. The fourth-order valence-electron chi connectivity index (χ4n) is 2.88. The predicted octanol–water partition coefficient (Wildman–Crippen LogP) is 3.94. The van der Waals surface area contributed by atoms with Gasteiger partial charge in [-0.05, 0) is 31.4 Å². The molecule has 1 aliphatic carbocycles. The summed E-state index contributed by atoms with van der Waals surface area (Å²) < 4.78 is 1.08. The van der Waals surface area contributed by atoms with Crippen LogP contribution in [-0.2, 0) is 4.79 Å². The molecule has 1 saturated carbocycles. The van der Waals surface area contributed by atoms with Crippen LogP contribution >= 0.6 is 15.9 Å². The molecule has 2 rings (SSSR count). The largest absolute Gasteiger partial charge is 0.352 e. The van der Waals surface area contributed by atoms with E-state index in [9.17, 15) is 4.79 Å². The molecule has 4 heteroatoms. The van der Waals surface area contributed by atoms with E-state index in [0.29, 0.717) is 12.6 Å². The van der Waals surface area contributed by atoms with Gasteiger partial charge in [0.2, 0.25) is 5.91 Å². The van der Waals surface area contributed by atoms with Crippen LogP contribution in [0.3, 0.4) is 0 Å². The zero-order valence-electron chi connectivity index (χ0n) is 12.7. The molecule has 0 saturated heterocycles. The van der Waals surface area contributed by atoms with Crippen molar-refractivity contribution in [2.24, 2.45) is 0 Å². The highest BCUT2D eigenvalue weighted by molar-refractivity contribution is 9.10. The summed E-state index contributed by atoms with van der Waals surface area (Å²) in [6.07, 6.45) is 7.36. The third kappa shape index (κ3) is 5.44. The number of nitrogens with one attached hydrogen (secondary N) is 2. The Kier molecular flexibility index (Phi) is 6.71. The van der Waals surface area contributed by atoms with Gasteiger partial charge in [0.15, 0.2) is 0 Å². The quantitative estimate of drug-likeness (QED) is 0.788. The van der Waals surface area contributed by atoms with Crippen LogP contribution in [0.2, 0.25) is 0 Å². The molecular weight excluding hydrogens is 328 g/mol. The first-order valence-electron chi connectivity index (χ1n) is 7.94. The lowest BCUT2D eigenvalue weighted by Gasteiger charge is -2.19. The standard InChI is InChI=1S/C17H25BrN2O/c1-13(15-10-6-7-11-16(15)18)19-12-17(21)20-14-8-4-2-3-5-9-14/h6-7,10-11,13-14,19H,2-5,8-9,12H2,1H3,(H,20,21)/t13-/m1/s1. The van der Waals surface area contributed by atoms with Crippen LogP contribution < -0.4 is 10.6 Å². The highest BCUT2D eigenvalue weighted by Crippen LogP contribution is 2.22. The Balaban J connectivity index is 1.76. The zero-order valence-corrected chi connectivity index (χ0v) is 14.3. The number of halogens is 1. The van der Waals surface area contributed by atoms with Gasteiger partial charge in [-0.25, -0.2) is 0 Å². The van der Waals surface area contributed by atoms with Gasteiger partial charge < -0.3 is 10.6 Å². The van der Waals surface area contributed by atoms with Crippen molar-refractivity contribution in [3.05, 3.63) is 34.3 Å². The molecule has 1 aliphatic rings. The lowest BCUT2D eigenvalue weighted by Crippen LogP contribution is -2.40. The van der Waals surface area contributed by atoms with E-state index in [1.807, 2.05) is 18.2 Å². The van der Waals surface area contributed by atoms with E-state index in [1.165, 1.54) is 31.2 Å². The van der Waals surface area contributed by atoms with Crippen LogP contribution in [0.1, 0.15) is 57.1 Å². The van der Waals surface area contributed by atoms with Crippen molar-refractivity contribution in [1.29, 1.82) is 0 Å². The topological polar surface area (TPSA) is 41.1 Å². The van der Waals surface area contributed by atoms with E-state index >= 15 is 0 Å². The number of amides is 1. The molecule has 0 aromatic heterocycles. The molecule has 3 nitrogen and oxygen atoms in total. The molecule has 21 heavy (non-hydrogen) atoms. The van der Waals surface area contributed by atoms with Gasteiger partial charge in [-0.2, -0.15) is 0 Å². The number of carbonyl (C=O) groups excluding carboxylic acids is 1. The Labute approximate surface area is 136 Å². The molecule has 1 amide bonds. The summed E-state index contributed by atoms with van der Waals surface area (Å²) in [5.74, 6) is 0.112. The van der Waals surface area contributed by atoms with Crippen molar-refractivity contribution in [1.82, 2.24) is 10.6 Å². The summed E-state index contributed by atoms with van der Waals surface area (Å²) in [4.78, 5) is 12.1. The normalized spacial score (nSPS) is 18.0. The Morgan fingerprint density at radius 3 is 2.57 bits per heavy atom. The molecule has 1 fully saturated rings. The summed E-state index contributed by atoms with van der Waals surface area (Å²) in [7, 11) is 0. The SMILES string of the molecule is C[C@@H](NCC(=O)NC1CCCCCC1)c1ccccc1Br. The predicted molar refractivity (Wildman–Crippen MR) is 90.2 cm³/mol. The smallest absolute Gasteiger partial charge is 0.234 e. The molecule has 1 atom stereocenters. The van der Waals surface area contributed by atoms with Crippen LogP contribution in [0.4, 0.5) is 0 Å². The molecule has 0 aliphatic heterocycles. The van der Waals surface area contributed by atoms with Gasteiger partial charge in [-0.1, -0.05) is 59.8 Å². The summed E-state index contributed by atoms with van der Waals surface area (Å²) in [5.41, 5.74) is 1.18. The Hall–Kier alpha value is -0.870. The maximum Gasteiger partial charge on any atom is 0.234 e. The maximum absolute atomic E-state index is 12.1. The van der Waals surface area contributed by atoms with Crippen molar-refractivity contribution in [2.45, 2.75) is 57.5 Å². The lowest BCUT2D eigenvalue weighted by atomic mass is 10.1. The second-order valence-electron chi connectivity index (χ2n) is 5.88. The zero-order chi connectivity index (χ0) is 15.1. The average molecular weight is 353 g/mol. The maximum atomic E-state index is 12.1. The van der Waals surface area contributed by atoms with Crippen LogP contribution in [0.5, 0.6) is 0 Å². The number of benzene rings is 1. The minimum Gasteiger partial charge on any atom is -0.352 e. The van der Waals surface area contributed by atoms with Crippen LogP contribution in [0, 0.1) is 0 Å². The molecule has 0 heterocycles. The van der Waals surface area contributed by atoms with E-state index in [1.54, 1.807) is 0 Å². The minimum absolute atomic E-state index is 0.112. The first-order valence-corrected chi connectivity index (χ1v) is 8.73.